The van der Waals surface area contributed by atoms with Crippen LogP contribution in [0.5, 0.6) is 11.5 Å². The molecular weight excluding hydrogens is 1200 g/mol. The monoisotopic (exact) mass is 1290 g/mol. The minimum Gasteiger partial charge on any atom is -0.510 e. The summed E-state index contributed by atoms with van der Waals surface area (Å²) in [5, 5.41) is 1.92. The van der Waals surface area contributed by atoms with Crippen molar-refractivity contribution in [2.24, 2.45) is 0 Å². The van der Waals surface area contributed by atoms with Gasteiger partial charge in [0.25, 0.3) is 6.33 Å². The Balaban J connectivity index is 0.00000982. The molecular formula is C78H66N4OPt-2. The van der Waals surface area contributed by atoms with Gasteiger partial charge in [-0.1, -0.05) is 219 Å². The Morgan fingerprint density at radius 1 is 0.476 bits per heavy atom. The van der Waals surface area contributed by atoms with Gasteiger partial charge in [-0.25, -0.2) is 4.98 Å². The van der Waals surface area contributed by atoms with E-state index < -0.39 is 142 Å². The van der Waals surface area contributed by atoms with Gasteiger partial charge in [0.2, 0.25) is 0 Å². The molecule has 0 N–H and O–H groups in total. The number of nitrogens with zero attached hydrogens (tertiary/aromatic N) is 4. The van der Waals surface area contributed by atoms with Crippen LogP contribution in [0.25, 0.3) is 106 Å². The fourth-order valence-electron chi connectivity index (χ4n) is 10.5. The number of aromatic nitrogens is 4. The molecule has 0 amide bonds. The standard InChI is InChI=1S/C78H66N4O.Pt/c1-76(2,3)61-35-32-55(33-36-61)56-34-39-71-73(47-56)80(63-28-21-29-64(49-63)83-65-37-38-67-66-30-19-20-31-70(66)82(72(67)50-65)74-48-62(40-41-79-74)77(4,5)6)51-81(71)75-68(45-59(46-69(75)78(7,8)9)54-26-17-12-18-27-54)60-43-57(52-22-13-10-14-23-52)42-58(44-60)53-24-15-11-16-25-53;/h10-48H,1-9H3;/q-2;/i10D,11D,12D,13D,14D,15D,16D,17D,18D,22D,23D,24D,25D,26D,27D,42D,43D,44D;. The average molecular weight is 1290 g/mol. The summed E-state index contributed by atoms with van der Waals surface area (Å²) in [5.74, 6) is 1.34. The first-order valence-electron chi connectivity index (χ1n) is 36.3. The number of imidazole rings is 1. The molecule has 0 saturated heterocycles. The van der Waals surface area contributed by atoms with Crippen LogP contribution in [0.3, 0.4) is 0 Å². The molecule has 0 atom stereocenters. The molecule has 0 fully saturated rings. The van der Waals surface area contributed by atoms with Gasteiger partial charge in [0, 0.05) is 44.3 Å². The Morgan fingerprint density at radius 3 is 1.73 bits per heavy atom. The molecule has 0 aliphatic heterocycles. The van der Waals surface area contributed by atoms with Crippen molar-refractivity contribution >= 4 is 32.8 Å². The fraction of sp³-hybridized carbons (Fsp3) is 0.154. The van der Waals surface area contributed by atoms with Crippen molar-refractivity contribution in [3.05, 3.63) is 271 Å². The van der Waals surface area contributed by atoms with Gasteiger partial charge >= 0.3 is 0 Å². The summed E-state index contributed by atoms with van der Waals surface area (Å²) in [6, 6.07) is 31.4. The zero-order chi connectivity index (χ0) is 72.9. The normalized spacial score (nSPS) is 15.0. The third-order valence-corrected chi connectivity index (χ3v) is 14.8. The van der Waals surface area contributed by atoms with E-state index in [4.69, 9.17) is 22.1 Å². The van der Waals surface area contributed by atoms with Crippen molar-refractivity contribution < 1.29 is 55.0 Å². The fourth-order valence-corrected chi connectivity index (χ4v) is 10.5. The van der Waals surface area contributed by atoms with E-state index in [-0.39, 0.29) is 60.0 Å². The topological polar surface area (TPSA) is 35.9 Å². The van der Waals surface area contributed by atoms with Crippen molar-refractivity contribution in [3.63, 3.8) is 0 Å². The van der Waals surface area contributed by atoms with Crippen LogP contribution in [0, 0.1) is 18.5 Å². The van der Waals surface area contributed by atoms with Crippen LogP contribution in [0.15, 0.2) is 236 Å². The quantitative estimate of drug-likeness (QED) is 0.101. The Bertz CT molecular complexity index is 5510. The molecule has 0 radical (unpaired) electrons. The molecule has 0 unspecified atom stereocenters. The zero-order valence-electron chi connectivity index (χ0n) is 65.6. The van der Waals surface area contributed by atoms with Crippen LogP contribution in [-0.2, 0) is 37.3 Å². The Morgan fingerprint density at radius 2 is 1.08 bits per heavy atom. The summed E-state index contributed by atoms with van der Waals surface area (Å²) in [6.45, 7) is 18.4. The molecule has 0 saturated carbocycles. The Labute approximate surface area is 534 Å². The van der Waals surface area contributed by atoms with E-state index in [2.05, 4.69) is 88.8 Å². The molecule has 84 heavy (non-hydrogen) atoms. The van der Waals surface area contributed by atoms with E-state index in [1.165, 1.54) is 6.07 Å². The second-order valence-corrected chi connectivity index (χ2v) is 23.6. The van der Waals surface area contributed by atoms with Crippen LogP contribution in [-0.4, -0.2) is 14.1 Å². The van der Waals surface area contributed by atoms with Gasteiger partial charge in [-0.3, -0.25) is 4.57 Å². The molecule has 6 heteroatoms. The van der Waals surface area contributed by atoms with Crippen LogP contribution in [0.2, 0.25) is 0 Å². The van der Waals surface area contributed by atoms with Gasteiger partial charge in [0.05, 0.1) is 41.4 Å². The van der Waals surface area contributed by atoms with E-state index in [9.17, 15) is 12.3 Å². The number of para-hydroxylation sites is 1. The molecule has 3 aromatic heterocycles. The summed E-state index contributed by atoms with van der Waals surface area (Å²) in [5.41, 5.74) is 2.36. The maximum atomic E-state index is 10.5. The van der Waals surface area contributed by atoms with Gasteiger partial charge in [-0.15, -0.1) is 29.7 Å². The number of pyridine rings is 1. The minimum absolute atomic E-state index is 0. The largest absolute Gasteiger partial charge is 0.510 e. The SMILES string of the molecule is [2H]c1c([2H])c([2H])c(-c2cc(-c3c([2H])c(-c4c([2H])c([2H])c([2H])c([2H])c4[2H])c([2H])c(-c4c([2H])c([2H])c([2H])c([2H])c4[2H])c3[2H])c(-[n+]3[c-]n(-c4[c-]c(Oc5[c-]c6c(cc5)c5ccccc5n6-c5cc(C(C)(C)C)ccn5)ccc4)c4cc(-c5ccc(C(C)(C)C)cc5)ccc43)c(C(C)(C)C)c2)c([2H])c1[2H].[Pt]. The van der Waals surface area contributed by atoms with E-state index in [0.29, 0.717) is 33.9 Å². The average Bonchev–Trinajstić information content (AvgIpc) is 1.72. The minimum atomic E-state index is -1.06. The molecule has 10 aromatic carbocycles. The maximum absolute atomic E-state index is 10.5. The van der Waals surface area contributed by atoms with Gasteiger partial charge in [0.1, 0.15) is 5.82 Å². The molecule has 5 nitrogen and oxygen atoms in total. The second kappa shape index (κ2) is 22.0. The first-order chi connectivity index (χ1) is 47.5. The van der Waals surface area contributed by atoms with Crippen LogP contribution in [0.4, 0.5) is 0 Å². The zero-order valence-corrected chi connectivity index (χ0v) is 49.9. The summed E-state index contributed by atoms with van der Waals surface area (Å²) in [7, 11) is 0. The van der Waals surface area contributed by atoms with E-state index >= 15 is 0 Å². The molecule has 0 bridgehead atoms. The first kappa shape index (κ1) is 38.1. The van der Waals surface area contributed by atoms with Crippen molar-refractivity contribution in [1.82, 2.24) is 14.1 Å². The Hall–Kier alpha value is -8.89. The number of ether oxygens (including phenoxy) is 1. The molecule has 13 aromatic rings. The molecule has 0 spiro atoms. The molecule has 0 aliphatic carbocycles. The predicted molar refractivity (Wildman–Crippen MR) is 343 cm³/mol. The number of hydrogen-bond acceptors (Lipinski definition) is 2. The van der Waals surface area contributed by atoms with Crippen molar-refractivity contribution in [2.45, 2.75) is 78.6 Å². The van der Waals surface area contributed by atoms with Gasteiger partial charge in [-0.2, -0.15) is 18.2 Å². The van der Waals surface area contributed by atoms with Crippen molar-refractivity contribution in [3.8, 4) is 84.3 Å². The van der Waals surface area contributed by atoms with Gasteiger partial charge in [-0.05, 0) is 148 Å². The molecule has 13 rings (SSSR count). The van der Waals surface area contributed by atoms with Crippen molar-refractivity contribution in [1.29, 1.82) is 0 Å². The van der Waals surface area contributed by atoms with Crippen LogP contribution < -0.4 is 9.30 Å². The second-order valence-electron chi connectivity index (χ2n) is 23.6. The molecule has 3 heterocycles. The summed E-state index contributed by atoms with van der Waals surface area (Å²) < 4.78 is 178. The molecule has 416 valence electrons. The Kier molecular flexibility index (Phi) is 9.98. The van der Waals surface area contributed by atoms with E-state index in [0.717, 1.165) is 44.1 Å². The van der Waals surface area contributed by atoms with Crippen LogP contribution in [0.1, 0.15) is 104 Å². The van der Waals surface area contributed by atoms with E-state index in [1.807, 2.05) is 93.7 Å². The smallest absolute Gasteiger partial charge is 0.268 e. The maximum Gasteiger partial charge on any atom is 0.268 e. The third-order valence-electron chi connectivity index (χ3n) is 14.8. The number of rotatable bonds is 10. The molecule has 0 aliphatic rings. The van der Waals surface area contributed by atoms with Gasteiger partial charge < -0.3 is 13.9 Å². The number of benzene rings is 10. The first-order valence-corrected chi connectivity index (χ1v) is 27.3. The summed E-state index contributed by atoms with van der Waals surface area (Å²) in [4.78, 5) is 4.85. The van der Waals surface area contributed by atoms with E-state index in [1.54, 1.807) is 33.4 Å². The number of hydrogen-bond donors (Lipinski definition) is 0. The summed E-state index contributed by atoms with van der Waals surface area (Å²) in [6.07, 6.45) is 5.41. The van der Waals surface area contributed by atoms with Crippen LogP contribution >= 0.6 is 0 Å². The third kappa shape index (κ3) is 10.7. The number of fused-ring (bicyclic) bond motifs is 4. The van der Waals surface area contributed by atoms with Crippen molar-refractivity contribution in [2.75, 3.05) is 0 Å². The summed E-state index contributed by atoms with van der Waals surface area (Å²) >= 11 is 0. The predicted octanol–water partition coefficient (Wildman–Crippen LogP) is 19.8. The van der Waals surface area contributed by atoms with Gasteiger partial charge in [0.15, 0.2) is 0 Å².